The molecule has 0 aliphatic carbocycles. The first-order chi connectivity index (χ1) is 29.6. The van der Waals surface area contributed by atoms with Crippen LogP contribution in [0.25, 0.3) is 0 Å². The maximum Gasteiger partial charge on any atom is 1.00 e. The minimum atomic E-state index is -0.954. The van der Waals surface area contributed by atoms with Gasteiger partial charge in [-0.05, 0) is 0 Å². The SMILES string of the molecule is COC(=O)OC.ClCC1CO1.NC(N)=O.O=C1OCC(CO)O1.O=C1OCCO1.O=CO[O-].OCC(O)CCl.OCC(O)CCl.OCC(O)CO.OCC(O)CO.OCC(O)CO.[Na+]. The van der Waals surface area contributed by atoms with Gasteiger partial charge in [0.25, 0.3) is 6.47 Å². The van der Waals surface area contributed by atoms with E-state index >= 15 is 0 Å². The normalized spacial score (nSPS) is 14.8. The number of urea groups is 1. The summed E-state index contributed by atoms with van der Waals surface area (Å²) < 4.78 is 30.1. The number of aliphatic hydroxyl groups excluding tert-OH is 14. The zero-order chi connectivity index (χ0) is 51.0. The van der Waals surface area contributed by atoms with Gasteiger partial charge in [0.1, 0.15) is 38.1 Å². The van der Waals surface area contributed by atoms with Crippen LogP contribution in [0.5, 0.6) is 0 Å². The molecule has 3 aliphatic heterocycles. The minimum Gasteiger partial charge on any atom is -0.662 e. The molecule has 0 aromatic heterocycles. The van der Waals surface area contributed by atoms with Crippen LogP contribution in [0.15, 0.2) is 0 Å². The van der Waals surface area contributed by atoms with Crippen molar-refractivity contribution in [2.75, 3.05) is 118 Å². The second-order valence-corrected chi connectivity index (χ2v) is 10.8. The largest absolute Gasteiger partial charge is 1.00 e. The summed E-state index contributed by atoms with van der Waals surface area (Å²) in [5.41, 5.74) is 8.50. The van der Waals surface area contributed by atoms with Crippen molar-refractivity contribution in [3.05, 3.63) is 0 Å². The maximum absolute atomic E-state index is 10.1. The number of hydrogen-bond acceptors (Lipinski definition) is 28. The monoisotopic (exact) mass is 1030 g/mol. The first-order valence-electron chi connectivity index (χ1n) is 16.9. The average Bonchev–Trinajstić information content (AvgIpc) is 3.88. The number of hydrogen-bond donors (Lipinski definition) is 16. The molecule has 64 heavy (non-hydrogen) atoms. The number of amides is 2. The molecule has 18 N–H and O–H groups in total. The van der Waals surface area contributed by atoms with E-state index in [0.29, 0.717) is 25.2 Å². The van der Waals surface area contributed by atoms with Crippen molar-refractivity contribution in [2.45, 2.75) is 42.7 Å². The van der Waals surface area contributed by atoms with Crippen LogP contribution in [-0.4, -0.2) is 263 Å². The Balaban J connectivity index is -0.0000000745. The van der Waals surface area contributed by atoms with Gasteiger partial charge in [-0.2, -0.15) is 0 Å². The molecule has 0 radical (unpaired) electrons. The van der Waals surface area contributed by atoms with Crippen LogP contribution in [0.1, 0.15) is 0 Å². The third kappa shape index (κ3) is 98.6. The molecule has 4 atom stereocenters. The number of rotatable bonds is 13. The fraction of sp³-hybridized carbons (Fsp3) is 0.833. The van der Waals surface area contributed by atoms with Gasteiger partial charge >= 0.3 is 54.1 Å². The molecular formula is C30H64Cl3N2NaO28. The Labute approximate surface area is 404 Å². The van der Waals surface area contributed by atoms with E-state index in [9.17, 15) is 14.4 Å². The Morgan fingerprint density at radius 1 is 0.656 bits per heavy atom. The zero-order valence-corrected chi connectivity index (χ0v) is 39.5. The second kappa shape index (κ2) is 69.8. The predicted octanol–water partition coefficient (Wildman–Crippen LogP) is -10.7. The van der Waals surface area contributed by atoms with Crippen LogP contribution < -0.4 is 46.3 Å². The van der Waals surface area contributed by atoms with Crippen LogP contribution in [0, 0.1) is 0 Å². The van der Waals surface area contributed by atoms with E-state index < -0.39 is 61.1 Å². The summed E-state index contributed by atoms with van der Waals surface area (Å²) in [7, 11) is 2.51. The molecule has 30 nitrogen and oxygen atoms in total. The molecule has 3 fully saturated rings. The van der Waals surface area contributed by atoms with E-state index in [1.54, 1.807) is 0 Å². The summed E-state index contributed by atoms with van der Waals surface area (Å²) in [6.45, 7) is -1.14. The number of cyclic esters (lactones) is 4. The number of methoxy groups -OCH3 is 2. The molecule has 384 valence electrons. The van der Waals surface area contributed by atoms with Crippen molar-refractivity contribution in [1.82, 2.24) is 0 Å². The molecule has 2 amide bonds. The van der Waals surface area contributed by atoms with Gasteiger partial charge in [-0.3, -0.25) is 4.79 Å². The maximum atomic E-state index is 10.1. The summed E-state index contributed by atoms with van der Waals surface area (Å²) in [6, 6.07) is -0.833. The molecule has 0 saturated carbocycles. The van der Waals surface area contributed by atoms with Gasteiger partial charge in [-0.15, -0.1) is 34.8 Å². The molecular weight excluding hydrogens is 966 g/mol. The number of nitrogens with two attached hydrogens (primary N) is 2. The van der Waals surface area contributed by atoms with E-state index in [-0.39, 0.29) is 114 Å². The zero-order valence-electron chi connectivity index (χ0n) is 35.2. The number of primary amides is 2. The summed E-state index contributed by atoms with van der Waals surface area (Å²) in [4.78, 5) is 49.8. The van der Waals surface area contributed by atoms with Crippen LogP contribution >= 0.6 is 34.8 Å². The number of carbonyl (C=O) groups excluding carboxylic acids is 5. The van der Waals surface area contributed by atoms with Crippen molar-refractivity contribution in [1.29, 1.82) is 0 Å². The Bertz CT molecular complexity index is 864. The number of epoxide rings is 1. The van der Waals surface area contributed by atoms with Gasteiger partial charge < -0.3 is 126 Å². The smallest absolute Gasteiger partial charge is 0.662 e. The topological polar surface area (TPSA) is 521 Å². The first kappa shape index (κ1) is 81.9. The summed E-state index contributed by atoms with van der Waals surface area (Å²) in [6.07, 6.45) is -6.29. The van der Waals surface area contributed by atoms with Gasteiger partial charge in [-0.1, -0.05) is 0 Å². The van der Waals surface area contributed by atoms with E-state index in [1.807, 2.05) is 0 Å². The molecule has 0 aromatic carbocycles. The van der Waals surface area contributed by atoms with E-state index in [2.05, 4.69) is 44.8 Å². The third-order valence-electron chi connectivity index (χ3n) is 4.37. The van der Waals surface area contributed by atoms with Gasteiger partial charge in [0.05, 0.1) is 116 Å². The van der Waals surface area contributed by atoms with Crippen molar-refractivity contribution in [3.8, 4) is 0 Å². The number of alkyl halides is 3. The molecule has 3 heterocycles. The Morgan fingerprint density at radius 3 is 1.00 bits per heavy atom. The first-order valence-corrected chi connectivity index (χ1v) is 18.5. The number of aliphatic hydroxyl groups is 14. The van der Waals surface area contributed by atoms with Crippen molar-refractivity contribution < 1.29 is 168 Å². The van der Waals surface area contributed by atoms with Crippen LogP contribution in [-0.2, 0) is 42.8 Å². The van der Waals surface area contributed by atoms with Crippen molar-refractivity contribution in [2.24, 2.45) is 11.5 Å². The molecule has 34 heteroatoms. The van der Waals surface area contributed by atoms with Gasteiger partial charge in [0.15, 0.2) is 6.10 Å². The standard InChI is InChI=1S/C4H6O4.2C3H7ClO2.C3H5ClO.C3H4O3.C3H6O3.3C3H8O3.CH4N2O.CH2O3.Na/c5-1-3-2-7-4(6)8-3;2*4-1-3(6)2-5;4-1-3-2-5-3;4-3-5-1-2-6-3;1-5-3(4)6-2;3*4-1-3(6)2-5;2-1(3)4;2-1-4-3;/h3,5H,1-2H2;2*3,5-6H,1-2H2;3H,1-2H2;1-2H2;1-2H3;3*3-6H,1-2H2;(H4,2,3,4);1,3H;/q;;;;;;;;;;;+1/p-1. The van der Waals surface area contributed by atoms with Gasteiger partial charge in [0.2, 0.25) is 0 Å². The van der Waals surface area contributed by atoms with Crippen LogP contribution in [0.3, 0.4) is 0 Å². The molecule has 0 bridgehead atoms. The molecule has 4 unspecified atom stereocenters. The number of ether oxygens (including phenoxy) is 7. The minimum absolute atomic E-state index is 0. The number of halogens is 3. The molecule has 3 saturated heterocycles. The molecule has 0 spiro atoms. The third-order valence-corrected chi connectivity index (χ3v) is 5.42. The average molecular weight is 1030 g/mol. The van der Waals surface area contributed by atoms with Crippen molar-refractivity contribution >= 4 is 65.8 Å². The molecule has 0 aromatic rings. The van der Waals surface area contributed by atoms with E-state index in [0.717, 1.165) is 6.61 Å². The Morgan fingerprint density at radius 2 is 0.953 bits per heavy atom. The number of carbonyl (C=O) groups is 5. The Hall–Kier alpha value is -2.22. The van der Waals surface area contributed by atoms with Crippen LogP contribution in [0.2, 0.25) is 0 Å². The molecule has 3 aliphatic rings. The summed E-state index contributed by atoms with van der Waals surface area (Å²) >= 11 is 15.4. The van der Waals surface area contributed by atoms with E-state index in [1.165, 1.54) is 14.2 Å². The molecule has 3 rings (SSSR count). The quantitative estimate of drug-likeness (QED) is 0.0119. The summed E-state index contributed by atoms with van der Waals surface area (Å²) in [5, 5.41) is 121. The predicted molar refractivity (Wildman–Crippen MR) is 210 cm³/mol. The fourth-order valence-corrected chi connectivity index (χ4v) is 1.63. The van der Waals surface area contributed by atoms with Crippen LogP contribution in [0.4, 0.5) is 19.2 Å². The Kier molecular flexibility index (Phi) is 89.4. The van der Waals surface area contributed by atoms with Crippen molar-refractivity contribution in [3.63, 3.8) is 0 Å². The van der Waals surface area contributed by atoms with E-state index in [4.69, 9.17) is 126 Å². The fourth-order valence-electron chi connectivity index (χ4n) is 1.26. The van der Waals surface area contributed by atoms with Gasteiger partial charge in [-0.25, -0.2) is 19.2 Å². The van der Waals surface area contributed by atoms with Gasteiger partial charge in [0, 0.05) is 0 Å². The second-order valence-electron chi connectivity index (χ2n) is 9.83. The summed E-state index contributed by atoms with van der Waals surface area (Å²) in [5.74, 6) is 0.882.